The molecule has 0 bridgehead atoms. The van der Waals surface area contributed by atoms with Crippen molar-refractivity contribution in [1.29, 1.82) is 0 Å². The van der Waals surface area contributed by atoms with E-state index in [0.29, 0.717) is 55.3 Å². The highest BCUT2D eigenvalue weighted by atomic mass is 19.4. The summed E-state index contributed by atoms with van der Waals surface area (Å²) in [6, 6.07) is 3.44. The molecule has 0 unspecified atom stereocenters. The summed E-state index contributed by atoms with van der Waals surface area (Å²) in [5.74, 6) is 0.0579. The van der Waals surface area contributed by atoms with Crippen LogP contribution in [0.3, 0.4) is 0 Å². The molecule has 260 valence electrons. The van der Waals surface area contributed by atoms with Crippen LogP contribution in [-0.2, 0) is 21.9 Å². The van der Waals surface area contributed by atoms with Crippen LogP contribution in [0.15, 0.2) is 36.4 Å². The van der Waals surface area contributed by atoms with Gasteiger partial charge in [-0.15, -0.1) is 0 Å². The van der Waals surface area contributed by atoms with Crippen molar-refractivity contribution in [3.8, 4) is 0 Å². The number of hydrogen-bond donors (Lipinski definition) is 0. The molecule has 2 aromatic rings. The van der Waals surface area contributed by atoms with Gasteiger partial charge in [-0.2, -0.15) is 26.3 Å². The number of benzene rings is 2. The number of ether oxygens (including phenoxy) is 1. The summed E-state index contributed by atoms with van der Waals surface area (Å²) >= 11 is 0. The monoisotopic (exact) mass is 673 g/mol. The SMILES string of the molecule is CCOC(=O)C[C@H]1CC[C@@H](CN2CCN(C(=O)N(C)[C@H](C)c3cc(C(F)(F)F)cc(C(F)(F)F)c3)[C@@H](c3ccc(F)cc3C)C2)CC1. The summed E-state index contributed by atoms with van der Waals surface area (Å²) in [6.07, 6.45) is -5.90. The summed E-state index contributed by atoms with van der Waals surface area (Å²) in [5.41, 5.74) is -1.86. The fourth-order valence-electron chi connectivity index (χ4n) is 6.76. The molecular weight excluding hydrogens is 631 g/mol. The molecule has 0 N–H and O–H groups in total. The maximum atomic E-state index is 14.1. The number of nitrogens with zero attached hydrogens (tertiary/aromatic N) is 3. The predicted octanol–water partition coefficient (Wildman–Crippen LogP) is 8.40. The second-order valence-electron chi connectivity index (χ2n) is 12.8. The van der Waals surface area contributed by atoms with Gasteiger partial charge in [0.25, 0.3) is 0 Å². The van der Waals surface area contributed by atoms with Gasteiger partial charge in [-0.25, -0.2) is 9.18 Å². The van der Waals surface area contributed by atoms with Crippen molar-refractivity contribution in [2.45, 2.75) is 77.3 Å². The van der Waals surface area contributed by atoms with E-state index in [4.69, 9.17) is 4.74 Å². The molecule has 1 saturated carbocycles. The minimum absolute atomic E-state index is 0.0669. The highest BCUT2D eigenvalue weighted by Crippen LogP contribution is 2.39. The lowest BCUT2D eigenvalue weighted by Gasteiger charge is -2.45. The summed E-state index contributed by atoms with van der Waals surface area (Å²) in [7, 11) is 1.36. The van der Waals surface area contributed by atoms with E-state index in [2.05, 4.69) is 4.90 Å². The average molecular weight is 674 g/mol. The number of amides is 2. The first kappa shape index (κ1) is 36.5. The number of carbonyl (C=O) groups is 2. The largest absolute Gasteiger partial charge is 0.466 e. The van der Waals surface area contributed by atoms with E-state index < -0.39 is 47.4 Å². The van der Waals surface area contributed by atoms with Crippen molar-refractivity contribution in [2.75, 3.05) is 39.8 Å². The summed E-state index contributed by atoms with van der Waals surface area (Å²) in [5, 5.41) is 0. The molecule has 2 amide bonds. The number of rotatable bonds is 8. The third-order valence-electron chi connectivity index (χ3n) is 9.52. The minimum atomic E-state index is -5.01. The third kappa shape index (κ3) is 9.17. The van der Waals surface area contributed by atoms with Crippen LogP contribution < -0.4 is 0 Å². The Hall–Kier alpha value is -3.35. The maximum absolute atomic E-state index is 14.1. The molecule has 2 aliphatic rings. The van der Waals surface area contributed by atoms with Crippen LogP contribution in [0.2, 0.25) is 0 Å². The van der Waals surface area contributed by atoms with E-state index in [-0.39, 0.29) is 30.1 Å². The molecule has 1 heterocycles. The van der Waals surface area contributed by atoms with Crippen molar-refractivity contribution in [3.63, 3.8) is 0 Å². The highest BCUT2D eigenvalue weighted by molar-refractivity contribution is 5.75. The van der Waals surface area contributed by atoms with Gasteiger partial charge in [-0.1, -0.05) is 6.07 Å². The number of alkyl halides is 6. The number of carbonyl (C=O) groups excluding carboxylic acids is 2. The lowest BCUT2D eigenvalue weighted by molar-refractivity contribution is -0.145. The molecule has 47 heavy (non-hydrogen) atoms. The molecule has 2 aromatic carbocycles. The van der Waals surface area contributed by atoms with Gasteiger partial charge in [0.15, 0.2) is 0 Å². The van der Waals surface area contributed by atoms with Gasteiger partial charge in [0.2, 0.25) is 0 Å². The highest BCUT2D eigenvalue weighted by Gasteiger charge is 2.40. The van der Waals surface area contributed by atoms with Gasteiger partial charge < -0.3 is 14.5 Å². The fraction of sp³-hybridized carbons (Fsp3) is 0.588. The maximum Gasteiger partial charge on any atom is 0.416 e. The van der Waals surface area contributed by atoms with Crippen LogP contribution in [-0.4, -0.2) is 66.5 Å². The average Bonchev–Trinajstić information content (AvgIpc) is 3.00. The summed E-state index contributed by atoms with van der Waals surface area (Å²) in [4.78, 5) is 30.9. The van der Waals surface area contributed by atoms with E-state index in [1.807, 2.05) is 0 Å². The number of piperazine rings is 1. The van der Waals surface area contributed by atoms with E-state index in [9.17, 15) is 40.3 Å². The Labute approximate surface area is 270 Å². The minimum Gasteiger partial charge on any atom is -0.466 e. The second kappa shape index (κ2) is 14.8. The fourth-order valence-corrected chi connectivity index (χ4v) is 6.76. The van der Waals surface area contributed by atoms with E-state index in [1.54, 1.807) is 24.8 Å². The van der Waals surface area contributed by atoms with Crippen LogP contribution in [0, 0.1) is 24.6 Å². The lowest BCUT2D eigenvalue weighted by atomic mass is 9.80. The van der Waals surface area contributed by atoms with Crippen molar-refractivity contribution in [3.05, 3.63) is 70.0 Å². The lowest BCUT2D eigenvalue weighted by Crippen LogP contribution is -2.54. The second-order valence-corrected chi connectivity index (χ2v) is 12.8. The first-order valence-corrected chi connectivity index (χ1v) is 15.9. The molecule has 2 fully saturated rings. The Morgan fingerprint density at radius 3 is 2.09 bits per heavy atom. The first-order valence-electron chi connectivity index (χ1n) is 15.9. The van der Waals surface area contributed by atoms with Gasteiger partial charge in [0.1, 0.15) is 5.82 Å². The molecule has 4 rings (SSSR count). The molecule has 0 radical (unpaired) electrons. The Morgan fingerprint density at radius 1 is 0.936 bits per heavy atom. The molecule has 0 aromatic heterocycles. The van der Waals surface area contributed by atoms with Gasteiger partial charge in [-0.05, 0) is 105 Å². The van der Waals surface area contributed by atoms with E-state index >= 15 is 0 Å². The zero-order chi connectivity index (χ0) is 34.7. The molecule has 13 heteroatoms. The van der Waals surface area contributed by atoms with Crippen LogP contribution in [0.25, 0.3) is 0 Å². The van der Waals surface area contributed by atoms with Gasteiger partial charge in [-0.3, -0.25) is 9.69 Å². The Bertz CT molecular complexity index is 1370. The van der Waals surface area contributed by atoms with Crippen molar-refractivity contribution in [1.82, 2.24) is 14.7 Å². The number of halogens is 7. The third-order valence-corrected chi connectivity index (χ3v) is 9.52. The Morgan fingerprint density at radius 2 is 1.53 bits per heavy atom. The Balaban J connectivity index is 1.52. The van der Waals surface area contributed by atoms with Crippen molar-refractivity contribution < 1.29 is 45.1 Å². The first-order chi connectivity index (χ1) is 22.0. The normalized spacial score (nSPS) is 21.8. The topological polar surface area (TPSA) is 53.1 Å². The molecule has 1 aliphatic heterocycles. The molecule has 1 aliphatic carbocycles. The van der Waals surface area contributed by atoms with Crippen molar-refractivity contribution in [2.24, 2.45) is 11.8 Å². The predicted molar refractivity (Wildman–Crippen MR) is 162 cm³/mol. The zero-order valence-corrected chi connectivity index (χ0v) is 27.1. The van der Waals surface area contributed by atoms with Gasteiger partial charge in [0, 0.05) is 39.6 Å². The molecule has 6 nitrogen and oxygen atoms in total. The summed E-state index contributed by atoms with van der Waals surface area (Å²) < 4.78 is 100. The molecule has 1 saturated heterocycles. The smallest absolute Gasteiger partial charge is 0.416 e. The standard InChI is InChI=1S/C34H42F7N3O3/c1-5-47-31(45)15-23-6-8-24(9-7-23)19-43-12-13-44(30(20-43)29-11-10-28(35)14-21(29)2)32(46)42(4)22(3)25-16-26(33(36,37)38)18-27(17-25)34(39,40)41/h10-11,14,16-18,22-24,30H,5-9,12-13,15,19-20H2,1-4H3/t22-,23-,24+,30-/m1/s1. The van der Waals surface area contributed by atoms with E-state index in [1.165, 1.54) is 26.1 Å². The van der Waals surface area contributed by atoms with E-state index in [0.717, 1.165) is 37.1 Å². The molecule has 0 spiro atoms. The molecular formula is C34H42F7N3O3. The molecule has 2 atom stereocenters. The van der Waals surface area contributed by atoms with Crippen LogP contribution >= 0.6 is 0 Å². The summed E-state index contributed by atoms with van der Waals surface area (Å²) in [6.45, 7) is 7.22. The van der Waals surface area contributed by atoms with Crippen molar-refractivity contribution >= 4 is 12.0 Å². The zero-order valence-electron chi connectivity index (χ0n) is 27.1. The van der Waals surface area contributed by atoms with Gasteiger partial charge in [0.05, 0.1) is 29.8 Å². The Kier molecular flexibility index (Phi) is 11.5. The van der Waals surface area contributed by atoms with Gasteiger partial charge >= 0.3 is 24.4 Å². The number of urea groups is 1. The van der Waals surface area contributed by atoms with Crippen LogP contribution in [0.1, 0.15) is 85.9 Å². The number of hydrogen-bond acceptors (Lipinski definition) is 4. The van der Waals surface area contributed by atoms with Crippen LogP contribution in [0.5, 0.6) is 0 Å². The number of esters is 1. The quantitative estimate of drug-likeness (QED) is 0.209. The number of aryl methyl sites for hydroxylation is 1. The van der Waals surface area contributed by atoms with Crippen LogP contribution in [0.4, 0.5) is 35.5 Å².